The van der Waals surface area contributed by atoms with Crippen molar-refractivity contribution in [3.63, 3.8) is 0 Å². The van der Waals surface area contributed by atoms with Gasteiger partial charge in [-0.3, -0.25) is 19.1 Å². The van der Waals surface area contributed by atoms with Gasteiger partial charge in [0, 0.05) is 54.4 Å². The van der Waals surface area contributed by atoms with Crippen LogP contribution in [0.25, 0.3) is 16.6 Å². The Hall–Kier alpha value is -5.98. The average Bonchev–Trinajstić information content (AvgIpc) is 3.12. The fourth-order valence-electron chi connectivity index (χ4n) is 6.40. The molecule has 1 N–H and O–H groups in total. The molecule has 276 valence electrons. The summed E-state index contributed by atoms with van der Waals surface area (Å²) in [4.78, 5) is 46.6. The largest absolute Gasteiger partial charge is 0.493 e. The maximum absolute atomic E-state index is 15.5. The van der Waals surface area contributed by atoms with Gasteiger partial charge in [-0.1, -0.05) is 0 Å². The lowest BCUT2D eigenvalue weighted by Gasteiger charge is -2.34. The van der Waals surface area contributed by atoms with Gasteiger partial charge in [-0.05, 0) is 106 Å². The number of hydrogen-bond donors (Lipinski definition) is 1. The summed E-state index contributed by atoms with van der Waals surface area (Å²) in [6, 6.07) is 14.3. The highest BCUT2D eigenvalue weighted by atomic mass is 19.1. The number of methoxy groups -OCH3 is 2. The number of fused-ring (bicyclic) bond motifs is 1. The van der Waals surface area contributed by atoms with Gasteiger partial charge < -0.3 is 29.2 Å². The van der Waals surface area contributed by atoms with Gasteiger partial charge in [-0.2, -0.15) is 0 Å². The normalized spacial score (nSPS) is 13.5. The number of aromatic nitrogens is 2. The second-order valence-corrected chi connectivity index (χ2v) is 13.7. The van der Waals surface area contributed by atoms with E-state index in [9.17, 15) is 18.8 Å². The molecule has 0 saturated carbocycles. The molecule has 1 saturated heterocycles. The van der Waals surface area contributed by atoms with Gasteiger partial charge in [0.05, 0.1) is 19.7 Å². The van der Waals surface area contributed by atoms with Crippen molar-refractivity contribution >= 4 is 28.6 Å². The van der Waals surface area contributed by atoms with Crippen molar-refractivity contribution in [1.82, 2.24) is 14.5 Å². The predicted molar refractivity (Wildman–Crippen MR) is 196 cm³/mol. The number of benzene rings is 3. The first kappa shape index (κ1) is 36.8. The van der Waals surface area contributed by atoms with E-state index in [1.54, 1.807) is 36.2 Å². The number of likely N-dealkylation sites (tertiary alicyclic amines) is 1. The molecule has 5 aromatic rings. The molecule has 6 rings (SSSR count). The molecular weight excluding hydrogens is 686 g/mol. The van der Waals surface area contributed by atoms with Crippen LogP contribution in [0, 0.1) is 18.6 Å². The Labute approximate surface area is 305 Å². The van der Waals surface area contributed by atoms with E-state index in [-0.39, 0.29) is 22.9 Å². The molecule has 2 amide bonds. The molecule has 0 aliphatic carbocycles. The maximum Gasteiger partial charge on any atom is 0.410 e. The highest BCUT2D eigenvalue weighted by Gasteiger charge is 2.30. The van der Waals surface area contributed by atoms with Crippen molar-refractivity contribution in [2.75, 3.05) is 32.6 Å². The molecule has 3 heterocycles. The van der Waals surface area contributed by atoms with E-state index < -0.39 is 34.8 Å². The zero-order valence-corrected chi connectivity index (χ0v) is 30.3. The summed E-state index contributed by atoms with van der Waals surface area (Å²) in [5.74, 6) is -0.966. The Bertz CT molecular complexity index is 2240. The minimum Gasteiger partial charge on any atom is -0.493 e. The number of carbonyl (C=O) groups is 2. The smallest absolute Gasteiger partial charge is 0.410 e. The molecule has 0 radical (unpaired) electrons. The van der Waals surface area contributed by atoms with E-state index >= 15 is 4.39 Å². The zero-order chi connectivity index (χ0) is 38.0. The molecule has 53 heavy (non-hydrogen) atoms. The first-order valence-electron chi connectivity index (χ1n) is 17.1. The number of halogens is 2. The number of carbonyl (C=O) groups excluding carboxylic acids is 2. The maximum atomic E-state index is 15.5. The van der Waals surface area contributed by atoms with E-state index in [4.69, 9.17) is 18.9 Å². The van der Waals surface area contributed by atoms with Crippen LogP contribution in [0.15, 0.2) is 77.9 Å². The van der Waals surface area contributed by atoms with Crippen LogP contribution >= 0.6 is 0 Å². The Morgan fingerprint density at radius 1 is 0.887 bits per heavy atom. The Morgan fingerprint density at radius 2 is 1.57 bits per heavy atom. The van der Waals surface area contributed by atoms with Crippen LogP contribution in [-0.2, 0) is 4.74 Å². The second-order valence-electron chi connectivity index (χ2n) is 13.7. The fourth-order valence-corrected chi connectivity index (χ4v) is 6.40. The lowest BCUT2D eigenvalue weighted by atomic mass is 9.86. The van der Waals surface area contributed by atoms with Crippen LogP contribution in [-0.4, -0.2) is 59.4 Å². The predicted octanol–water partition coefficient (Wildman–Crippen LogP) is 8.15. The number of pyridine rings is 2. The Morgan fingerprint density at radius 3 is 2.21 bits per heavy atom. The minimum atomic E-state index is -0.765. The molecule has 13 heteroatoms. The molecule has 0 atom stereocenters. The number of amides is 2. The van der Waals surface area contributed by atoms with Crippen LogP contribution in [0.5, 0.6) is 23.0 Å². The standard InChI is InChI=1S/C40H40F2N4O7/c1-23-29(24-14-17-45(18-15-24)39(49)53-40(2,3)4)22-46(27-10-7-25(41)8-11-27)38(48)36(23)37(47)44-26-9-12-33(30(42)19-26)52-32-13-16-43-31-21-35(51-6)34(50-5)20-28(31)32/h7-13,16,19-22,24H,14-15,17-18H2,1-6H3,(H,44,47). The van der Waals surface area contributed by atoms with Crippen LogP contribution in [0.3, 0.4) is 0 Å². The number of rotatable bonds is 8. The number of nitrogens with zero attached hydrogens (tertiary/aromatic N) is 3. The summed E-state index contributed by atoms with van der Waals surface area (Å²) in [7, 11) is 3.01. The van der Waals surface area contributed by atoms with Crippen molar-refractivity contribution in [3.8, 4) is 28.7 Å². The van der Waals surface area contributed by atoms with Crippen LogP contribution in [0.4, 0.5) is 19.3 Å². The Balaban J connectivity index is 1.28. The van der Waals surface area contributed by atoms with Crippen LogP contribution in [0.1, 0.15) is 61.0 Å². The van der Waals surface area contributed by atoms with E-state index in [0.717, 1.165) is 11.6 Å². The first-order valence-corrected chi connectivity index (χ1v) is 17.1. The van der Waals surface area contributed by atoms with E-state index in [1.807, 2.05) is 20.8 Å². The van der Waals surface area contributed by atoms with Crippen LogP contribution in [0.2, 0.25) is 0 Å². The lowest BCUT2D eigenvalue weighted by molar-refractivity contribution is 0.0204. The average molecular weight is 727 g/mol. The molecule has 0 bridgehead atoms. The molecule has 2 aromatic heterocycles. The number of piperidine rings is 1. The molecule has 3 aromatic carbocycles. The van der Waals surface area contributed by atoms with Gasteiger partial charge in [-0.15, -0.1) is 0 Å². The summed E-state index contributed by atoms with van der Waals surface area (Å²) in [6.07, 6.45) is 3.92. The van der Waals surface area contributed by atoms with E-state index in [2.05, 4.69) is 10.3 Å². The van der Waals surface area contributed by atoms with E-state index in [1.165, 1.54) is 61.4 Å². The minimum absolute atomic E-state index is 0.0917. The Kier molecular flexibility index (Phi) is 10.4. The summed E-state index contributed by atoms with van der Waals surface area (Å²) in [5, 5.41) is 3.23. The van der Waals surface area contributed by atoms with Gasteiger partial charge in [0.15, 0.2) is 23.1 Å². The molecule has 1 aliphatic heterocycles. The van der Waals surface area contributed by atoms with Crippen molar-refractivity contribution < 1.29 is 37.3 Å². The number of ether oxygens (including phenoxy) is 4. The molecular formula is C40H40F2N4O7. The number of nitrogens with one attached hydrogen (secondary N) is 1. The van der Waals surface area contributed by atoms with Gasteiger partial charge >= 0.3 is 6.09 Å². The van der Waals surface area contributed by atoms with Crippen LogP contribution < -0.4 is 25.1 Å². The third kappa shape index (κ3) is 7.93. The molecule has 1 fully saturated rings. The molecule has 11 nitrogen and oxygen atoms in total. The topological polar surface area (TPSA) is 121 Å². The zero-order valence-electron chi connectivity index (χ0n) is 30.3. The van der Waals surface area contributed by atoms with Gasteiger partial charge in [-0.25, -0.2) is 13.6 Å². The summed E-state index contributed by atoms with van der Waals surface area (Å²) < 4.78 is 53.0. The summed E-state index contributed by atoms with van der Waals surface area (Å²) in [6.45, 7) is 7.96. The third-order valence-electron chi connectivity index (χ3n) is 9.04. The molecule has 1 aliphatic rings. The van der Waals surface area contributed by atoms with Gasteiger partial charge in [0.1, 0.15) is 22.7 Å². The van der Waals surface area contributed by atoms with Crippen molar-refractivity contribution in [2.45, 2.75) is 52.1 Å². The highest BCUT2D eigenvalue weighted by molar-refractivity contribution is 6.05. The second kappa shape index (κ2) is 14.9. The quantitative estimate of drug-likeness (QED) is 0.170. The van der Waals surface area contributed by atoms with E-state index in [0.29, 0.717) is 65.3 Å². The third-order valence-corrected chi connectivity index (χ3v) is 9.04. The summed E-state index contributed by atoms with van der Waals surface area (Å²) >= 11 is 0. The molecule has 0 spiro atoms. The van der Waals surface area contributed by atoms with Crippen molar-refractivity contribution in [1.29, 1.82) is 0 Å². The monoisotopic (exact) mass is 726 g/mol. The van der Waals surface area contributed by atoms with Gasteiger partial charge in [0.2, 0.25) is 0 Å². The van der Waals surface area contributed by atoms with Crippen molar-refractivity contribution in [2.24, 2.45) is 0 Å². The molecule has 0 unspecified atom stereocenters. The SMILES string of the molecule is COc1cc2nccc(Oc3ccc(NC(=O)c4c(C)c(C5CCN(C(=O)OC(C)(C)C)CC5)cn(-c5ccc(F)cc5)c4=O)cc3F)c2cc1OC. The summed E-state index contributed by atoms with van der Waals surface area (Å²) in [5.41, 5.74) is 0.788. The van der Waals surface area contributed by atoms with Crippen molar-refractivity contribution in [3.05, 3.63) is 112 Å². The first-order chi connectivity index (χ1) is 25.3. The number of hydrogen-bond acceptors (Lipinski definition) is 8. The highest BCUT2D eigenvalue weighted by Crippen LogP contribution is 2.38. The fraction of sp³-hybridized carbons (Fsp3) is 0.300. The number of anilines is 1. The van der Waals surface area contributed by atoms with Gasteiger partial charge in [0.25, 0.3) is 11.5 Å². The lowest BCUT2D eigenvalue weighted by Crippen LogP contribution is -2.41.